The lowest BCUT2D eigenvalue weighted by molar-refractivity contribution is 0.141. The van der Waals surface area contributed by atoms with Gasteiger partial charge < -0.3 is 10.1 Å². The Bertz CT molecular complexity index is 728. The lowest BCUT2D eigenvalue weighted by Crippen LogP contribution is -2.24. The molecule has 1 amide bonds. The molecule has 0 radical (unpaired) electrons. The first-order chi connectivity index (χ1) is 11.1. The summed E-state index contributed by atoms with van der Waals surface area (Å²) in [7, 11) is 0. The van der Waals surface area contributed by atoms with Gasteiger partial charge in [0.05, 0.1) is 12.1 Å². The highest BCUT2D eigenvalue weighted by Gasteiger charge is 2.08. The standard InChI is InChI=1S/C17H12F3NO2/c18-13-9-15(19)14(16(20)10-13)7-4-8-21-17(22)23-11-12-5-2-1-3-6-12/h1-3,5-6,9-10H,8,11H2,(H,21,22). The Labute approximate surface area is 131 Å². The first kappa shape index (κ1) is 16.4. The number of carbonyl (C=O) groups is 1. The molecule has 6 heteroatoms. The third-order valence-corrected chi connectivity index (χ3v) is 2.75. The van der Waals surface area contributed by atoms with E-state index in [2.05, 4.69) is 17.2 Å². The number of ether oxygens (including phenoxy) is 1. The van der Waals surface area contributed by atoms with Crippen LogP contribution < -0.4 is 5.32 Å². The number of nitrogens with one attached hydrogen (secondary N) is 1. The molecule has 0 heterocycles. The number of hydrogen-bond acceptors (Lipinski definition) is 2. The summed E-state index contributed by atoms with van der Waals surface area (Å²) < 4.78 is 44.3. The van der Waals surface area contributed by atoms with E-state index in [0.29, 0.717) is 12.1 Å². The normalized spacial score (nSPS) is 9.70. The predicted molar refractivity (Wildman–Crippen MR) is 77.8 cm³/mol. The van der Waals surface area contributed by atoms with Crippen LogP contribution in [0.2, 0.25) is 0 Å². The molecule has 0 spiro atoms. The highest BCUT2D eigenvalue weighted by molar-refractivity contribution is 5.67. The second kappa shape index (κ2) is 7.90. The van der Waals surface area contributed by atoms with Gasteiger partial charge in [0.2, 0.25) is 0 Å². The van der Waals surface area contributed by atoms with Crippen LogP contribution in [-0.4, -0.2) is 12.6 Å². The Balaban J connectivity index is 1.83. The molecule has 2 rings (SSSR count). The summed E-state index contributed by atoms with van der Waals surface area (Å²) in [6.07, 6.45) is -0.705. The maximum Gasteiger partial charge on any atom is 0.408 e. The topological polar surface area (TPSA) is 38.3 Å². The maximum atomic E-state index is 13.3. The number of amides is 1. The van der Waals surface area contributed by atoms with E-state index in [1.807, 2.05) is 18.2 Å². The maximum absolute atomic E-state index is 13.3. The van der Waals surface area contributed by atoms with Gasteiger partial charge in [0.25, 0.3) is 0 Å². The molecule has 0 aliphatic carbocycles. The summed E-state index contributed by atoms with van der Waals surface area (Å²) in [5.41, 5.74) is 0.273. The molecule has 0 bridgehead atoms. The molecular weight excluding hydrogens is 307 g/mol. The molecule has 0 fully saturated rings. The molecule has 0 unspecified atom stereocenters. The van der Waals surface area contributed by atoms with Gasteiger partial charge in [-0.15, -0.1) is 0 Å². The first-order valence-electron chi connectivity index (χ1n) is 6.64. The van der Waals surface area contributed by atoms with Gasteiger partial charge in [0.1, 0.15) is 24.1 Å². The number of halogens is 3. The van der Waals surface area contributed by atoms with Crippen molar-refractivity contribution in [1.29, 1.82) is 0 Å². The summed E-state index contributed by atoms with van der Waals surface area (Å²) in [6, 6.07) is 10.1. The Morgan fingerprint density at radius 2 is 1.74 bits per heavy atom. The van der Waals surface area contributed by atoms with Gasteiger partial charge >= 0.3 is 6.09 Å². The molecule has 2 aromatic rings. The van der Waals surface area contributed by atoms with Gasteiger partial charge in [-0.2, -0.15) is 0 Å². The van der Waals surface area contributed by atoms with Gasteiger partial charge in [-0.3, -0.25) is 0 Å². The Morgan fingerprint density at radius 3 is 2.39 bits per heavy atom. The molecule has 2 aromatic carbocycles. The van der Waals surface area contributed by atoms with Crippen LogP contribution in [0.25, 0.3) is 0 Å². The highest BCUT2D eigenvalue weighted by atomic mass is 19.1. The van der Waals surface area contributed by atoms with Crippen molar-refractivity contribution in [3.8, 4) is 11.8 Å². The van der Waals surface area contributed by atoms with E-state index in [0.717, 1.165) is 5.56 Å². The minimum absolute atomic E-state index is 0.0985. The van der Waals surface area contributed by atoms with Crippen molar-refractivity contribution < 1.29 is 22.7 Å². The number of hydrogen-bond donors (Lipinski definition) is 1. The average Bonchev–Trinajstić information content (AvgIpc) is 2.52. The third kappa shape index (κ3) is 5.08. The molecule has 0 aliphatic rings. The van der Waals surface area contributed by atoms with E-state index in [1.54, 1.807) is 12.1 Å². The molecular formula is C17H12F3NO2. The van der Waals surface area contributed by atoms with Gasteiger partial charge in [0, 0.05) is 12.1 Å². The molecule has 0 aliphatic heterocycles. The van der Waals surface area contributed by atoms with Crippen molar-refractivity contribution in [2.45, 2.75) is 6.61 Å². The van der Waals surface area contributed by atoms with E-state index in [1.165, 1.54) is 0 Å². The zero-order valence-electron chi connectivity index (χ0n) is 11.9. The van der Waals surface area contributed by atoms with Crippen molar-refractivity contribution >= 4 is 6.09 Å². The van der Waals surface area contributed by atoms with Crippen molar-refractivity contribution in [1.82, 2.24) is 5.32 Å². The summed E-state index contributed by atoms with van der Waals surface area (Å²) in [5.74, 6) is 1.36. The van der Waals surface area contributed by atoms with E-state index in [9.17, 15) is 18.0 Å². The fraction of sp³-hybridized carbons (Fsp3) is 0.118. The van der Waals surface area contributed by atoms with Gasteiger partial charge in [-0.25, -0.2) is 18.0 Å². The van der Waals surface area contributed by atoms with E-state index >= 15 is 0 Å². The largest absolute Gasteiger partial charge is 0.445 e. The van der Waals surface area contributed by atoms with Crippen molar-refractivity contribution in [2.75, 3.05) is 6.54 Å². The monoisotopic (exact) mass is 319 g/mol. The van der Waals surface area contributed by atoms with Crippen LogP contribution in [0, 0.1) is 29.3 Å². The summed E-state index contributed by atoms with van der Waals surface area (Å²) in [5, 5.41) is 2.32. The molecule has 0 atom stereocenters. The summed E-state index contributed by atoms with van der Waals surface area (Å²) >= 11 is 0. The smallest absolute Gasteiger partial charge is 0.408 e. The lowest BCUT2D eigenvalue weighted by atomic mass is 10.2. The van der Waals surface area contributed by atoms with E-state index in [-0.39, 0.29) is 13.2 Å². The third-order valence-electron chi connectivity index (χ3n) is 2.75. The van der Waals surface area contributed by atoms with Crippen LogP contribution in [0.1, 0.15) is 11.1 Å². The molecule has 0 saturated carbocycles. The second-order valence-corrected chi connectivity index (χ2v) is 4.46. The van der Waals surface area contributed by atoms with Crippen LogP contribution in [0.5, 0.6) is 0 Å². The quantitative estimate of drug-likeness (QED) is 0.881. The molecule has 118 valence electrons. The fourth-order valence-corrected chi connectivity index (χ4v) is 1.68. The molecule has 0 saturated heterocycles. The van der Waals surface area contributed by atoms with Crippen LogP contribution in [0.3, 0.4) is 0 Å². The molecule has 0 aromatic heterocycles. The van der Waals surface area contributed by atoms with Gasteiger partial charge in [0.15, 0.2) is 0 Å². The summed E-state index contributed by atoms with van der Waals surface area (Å²) in [6.45, 7) is -0.0643. The SMILES string of the molecule is O=C(NCC#Cc1c(F)cc(F)cc1F)OCc1ccccc1. The molecule has 3 nitrogen and oxygen atoms in total. The molecule has 23 heavy (non-hydrogen) atoms. The zero-order valence-corrected chi connectivity index (χ0v) is 11.9. The number of rotatable bonds is 3. The van der Waals surface area contributed by atoms with Crippen LogP contribution in [0.4, 0.5) is 18.0 Å². The van der Waals surface area contributed by atoms with E-state index < -0.39 is 29.1 Å². The Morgan fingerprint density at radius 1 is 1.09 bits per heavy atom. The lowest BCUT2D eigenvalue weighted by Gasteiger charge is -2.04. The van der Waals surface area contributed by atoms with Crippen LogP contribution >= 0.6 is 0 Å². The number of carbonyl (C=O) groups excluding carboxylic acids is 1. The van der Waals surface area contributed by atoms with E-state index in [4.69, 9.17) is 4.74 Å². The minimum Gasteiger partial charge on any atom is -0.445 e. The highest BCUT2D eigenvalue weighted by Crippen LogP contribution is 2.13. The minimum atomic E-state index is -1.10. The van der Waals surface area contributed by atoms with Crippen LogP contribution in [0.15, 0.2) is 42.5 Å². The van der Waals surface area contributed by atoms with Crippen LogP contribution in [-0.2, 0) is 11.3 Å². The average molecular weight is 319 g/mol. The first-order valence-corrected chi connectivity index (χ1v) is 6.64. The Hall–Kier alpha value is -2.94. The zero-order chi connectivity index (χ0) is 16.7. The van der Waals surface area contributed by atoms with Crippen molar-refractivity contribution in [3.05, 3.63) is 71.0 Å². The fourth-order valence-electron chi connectivity index (χ4n) is 1.68. The van der Waals surface area contributed by atoms with Gasteiger partial charge in [-0.1, -0.05) is 42.2 Å². The summed E-state index contributed by atoms with van der Waals surface area (Å²) in [4.78, 5) is 11.4. The van der Waals surface area contributed by atoms with Gasteiger partial charge in [-0.05, 0) is 5.56 Å². The molecule has 1 N–H and O–H groups in total. The number of benzene rings is 2. The van der Waals surface area contributed by atoms with Crippen molar-refractivity contribution in [3.63, 3.8) is 0 Å². The Kier molecular flexibility index (Phi) is 5.64. The second-order valence-electron chi connectivity index (χ2n) is 4.46. The van der Waals surface area contributed by atoms with Crippen molar-refractivity contribution in [2.24, 2.45) is 0 Å². The predicted octanol–water partition coefficient (Wildman–Crippen LogP) is 3.38. The number of alkyl carbamates (subject to hydrolysis) is 1.